The Morgan fingerprint density at radius 3 is 2.42 bits per heavy atom. The molecule has 2 aliphatic rings. The second kappa shape index (κ2) is 6.09. The van der Waals surface area contributed by atoms with Crippen LogP contribution in [0.25, 0.3) is 0 Å². The molecule has 2 heterocycles. The molecule has 0 aromatic heterocycles. The lowest BCUT2D eigenvalue weighted by Crippen LogP contribution is -2.55. The first-order chi connectivity index (χ1) is 11.3. The van der Waals surface area contributed by atoms with Crippen molar-refractivity contribution in [2.75, 3.05) is 20.1 Å². The number of likely N-dealkylation sites (N-methyl/N-ethyl adjacent to an activating group) is 1. The highest BCUT2D eigenvalue weighted by Crippen LogP contribution is 2.37. The molecule has 130 valence electrons. The number of carbonyl (C=O) groups excluding carboxylic acids is 2. The van der Waals surface area contributed by atoms with Crippen molar-refractivity contribution in [2.24, 2.45) is 0 Å². The van der Waals surface area contributed by atoms with Gasteiger partial charge in [0.1, 0.15) is 11.3 Å². The molecule has 0 bridgehead atoms. The van der Waals surface area contributed by atoms with Crippen molar-refractivity contribution in [3.8, 4) is 5.75 Å². The van der Waals surface area contributed by atoms with Crippen LogP contribution in [0.2, 0.25) is 0 Å². The fourth-order valence-electron chi connectivity index (χ4n) is 3.80. The molecule has 0 aliphatic carbocycles. The molecule has 0 unspecified atom stereocenters. The first kappa shape index (κ1) is 16.8. The van der Waals surface area contributed by atoms with Gasteiger partial charge >= 0.3 is 6.03 Å². The molecule has 0 atom stereocenters. The maximum Gasteiger partial charge on any atom is 0.327 e. The van der Waals surface area contributed by atoms with Gasteiger partial charge in [0.25, 0.3) is 5.91 Å². The van der Waals surface area contributed by atoms with E-state index in [1.807, 2.05) is 26.0 Å². The standard InChI is InChI=1S/C18H25N3O3/c1-13(2)21-16(23)18(19(3)17(21)24)7-9-20(10-8-18)12-14-5-4-6-15(22)11-14/h4-6,11,13,22H,7-10,12H2,1-3H3. The number of likely N-dealkylation sites (tertiary alicyclic amines) is 1. The summed E-state index contributed by atoms with van der Waals surface area (Å²) in [5, 5.41) is 9.58. The summed E-state index contributed by atoms with van der Waals surface area (Å²) in [4.78, 5) is 30.6. The van der Waals surface area contributed by atoms with Crippen LogP contribution in [0.3, 0.4) is 0 Å². The Morgan fingerprint density at radius 1 is 1.21 bits per heavy atom. The quantitative estimate of drug-likeness (QED) is 0.861. The van der Waals surface area contributed by atoms with E-state index in [0.29, 0.717) is 12.8 Å². The molecular weight excluding hydrogens is 306 g/mol. The number of rotatable bonds is 3. The lowest BCUT2D eigenvalue weighted by molar-refractivity contribution is -0.136. The number of hydrogen-bond acceptors (Lipinski definition) is 4. The lowest BCUT2D eigenvalue weighted by atomic mass is 9.86. The van der Waals surface area contributed by atoms with E-state index in [1.54, 1.807) is 24.1 Å². The van der Waals surface area contributed by atoms with Gasteiger partial charge in [0.15, 0.2) is 0 Å². The van der Waals surface area contributed by atoms with E-state index in [1.165, 1.54) is 4.90 Å². The second-order valence-electron chi connectivity index (χ2n) is 7.09. The van der Waals surface area contributed by atoms with Gasteiger partial charge in [-0.2, -0.15) is 0 Å². The first-order valence-electron chi connectivity index (χ1n) is 8.47. The number of nitrogens with zero attached hydrogens (tertiary/aromatic N) is 3. The van der Waals surface area contributed by atoms with Gasteiger partial charge in [-0.3, -0.25) is 14.6 Å². The highest BCUT2D eigenvalue weighted by molar-refractivity contribution is 6.07. The summed E-state index contributed by atoms with van der Waals surface area (Å²) in [5.74, 6) is 0.215. The van der Waals surface area contributed by atoms with Crippen LogP contribution < -0.4 is 0 Å². The molecule has 1 aromatic rings. The smallest absolute Gasteiger partial charge is 0.327 e. The van der Waals surface area contributed by atoms with Crippen molar-refractivity contribution in [2.45, 2.75) is 44.8 Å². The van der Waals surface area contributed by atoms with Crippen LogP contribution in [0, 0.1) is 0 Å². The third-order valence-corrected chi connectivity index (χ3v) is 5.27. The van der Waals surface area contributed by atoms with Gasteiger partial charge < -0.3 is 10.0 Å². The van der Waals surface area contributed by atoms with Crippen molar-refractivity contribution < 1.29 is 14.7 Å². The van der Waals surface area contributed by atoms with E-state index in [0.717, 1.165) is 25.2 Å². The number of imide groups is 1. The second-order valence-corrected chi connectivity index (χ2v) is 7.09. The van der Waals surface area contributed by atoms with Crippen LogP contribution in [0.4, 0.5) is 4.79 Å². The van der Waals surface area contributed by atoms with Crippen LogP contribution in [0.5, 0.6) is 5.75 Å². The number of piperidine rings is 1. The minimum absolute atomic E-state index is 0.0537. The monoisotopic (exact) mass is 331 g/mol. The molecular formula is C18H25N3O3. The number of phenols is 1. The molecule has 24 heavy (non-hydrogen) atoms. The first-order valence-corrected chi connectivity index (χ1v) is 8.47. The fraction of sp³-hybridized carbons (Fsp3) is 0.556. The Morgan fingerprint density at radius 2 is 1.88 bits per heavy atom. The van der Waals surface area contributed by atoms with E-state index in [-0.39, 0.29) is 23.7 Å². The summed E-state index contributed by atoms with van der Waals surface area (Å²) in [7, 11) is 1.74. The number of carbonyl (C=O) groups is 2. The van der Waals surface area contributed by atoms with Crippen molar-refractivity contribution in [1.82, 2.24) is 14.7 Å². The molecule has 3 rings (SSSR count). The molecule has 1 N–H and O–H groups in total. The van der Waals surface area contributed by atoms with Crippen molar-refractivity contribution >= 4 is 11.9 Å². The third kappa shape index (κ3) is 2.65. The van der Waals surface area contributed by atoms with Crippen molar-refractivity contribution in [3.63, 3.8) is 0 Å². The van der Waals surface area contributed by atoms with Gasteiger partial charge in [0.2, 0.25) is 0 Å². The minimum atomic E-state index is -0.684. The Labute approximate surface area is 142 Å². The molecule has 2 fully saturated rings. The third-order valence-electron chi connectivity index (χ3n) is 5.27. The molecule has 3 amide bonds. The predicted octanol–water partition coefficient (Wildman–Crippen LogP) is 2.03. The van der Waals surface area contributed by atoms with Gasteiger partial charge in [-0.1, -0.05) is 12.1 Å². The molecule has 1 spiro atoms. The minimum Gasteiger partial charge on any atom is -0.508 e. The Bertz CT molecular complexity index is 651. The number of hydrogen-bond donors (Lipinski definition) is 1. The van der Waals surface area contributed by atoms with Gasteiger partial charge in [0, 0.05) is 32.7 Å². The van der Waals surface area contributed by atoms with Crippen LogP contribution in [-0.4, -0.2) is 63.5 Å². The summed E-state index contributed by atoms with van der Waals surface area (Å²) < 4.78 is 0. The van der Waals surface area contributed by atoms with E-state index in [4.69, 9.17) is 0 Å². The van der Waals surface area contributed by atoms with Crippen LogP contribution >= 0.6 is 0 Å². The topological polar surface area (TPSA) is 64.1 Å². The average molecular weight is 331 g/mol. The zero-order valence-electron chi connectivity index (χ0n) is 14.5. The summed E-state index contributed by atoms with van der Waals surface area (Å²) in [6, 6.07) is 6.95. The van der Waals surface area contributed by atoms with Crippen LogP contribution in [0.1, 0.15) is 32.3 Å². The molecule has 0 radical (unpaired) electrons. The Hall–Kier alpha value is -2.08. The molecule has 2 aliphatic heterocycles. The Balaban J connectivity index is 1.70. The summed E-state index contributed by atoms with van der Waals surface area (Å²) >= 11 is 0. The maximum atomic E-state index is 12.9. The fourth-order valence-corrected chi connectivity index (χ4v) is 3.80. The van der Waals surface area contributed by atoms with E-state index >= 15 is 0 Å². The summed E-state index contributed by atoms with van der Waals surface area (Å²) in [5.41, 5.74) is 0.369. The average Bonchev–Trinajstić information content (AvgIpc) is 2.71. The highest BCUT2D eigenvalue weighted by atomic mass is 16.3. The van der Waals surface area contributed by atoms with Crippen LogP contribution in [-0.2, 0) is 11.3 Å². The largest absolute Gasteiger partial charge is 0.508 e. The molecule has 6 heteroatoms. The number of benzene rings is 1. The van der Waals surface area contributed by atoms with E-state index < -0.39 is 5.54 Å². The number of phenolic OH excluding ortho intramolecular Hbond substituents is 1. The van der Waals surface area contributed by atoms with Gasteiger partial charge in [-0.25, -0.2) is 4.79 Å². The molecule has 6 nitrogen and oxygen atoms in total. The van der Waals surface area contributed by atoms with Crippen molar-refractivity contribution in [3.05, 3.63) is 29.8 Å². The molecule has 0 saturated carbocycles. The SMILES string of the molecule is CC(C)N1C(=O)N(C)C2(CCN(Cc3cccc(O)c3)CC2)C1=O. The van der Waals surface area contributed by atoms with Crippen molar-refractivity contribution in [1.29, 1.82) is 0 Å². The number of urea groups is 1. The predicted molar refractivity (Wildman–Crippen MR) is 90.5 cm³/mol. The van der Waals surface area contributed by atoms with Gasteiger partial charge in [0.05, 0.1) is 0 Å². The highest BCUT2D eigenvalue weighted by Gasteiger charge is 2.56. The van der Waals surface area contributed by atoms with E-state index in [9.17, 15) is 14.7 Å². The maximum absolute atomic E-state index is 12.9. The number of aromatic hydroxyl groups is 1. The lowest BCUT2D eigenvalue weighted by Gasteiger charge is -2.40. The summed E-state index contributed by atoms with van der Waals surface area (Å²) in [6.45, 7) is 6.00. The normalized spacial score (nSPS) is 21.3. The zero-order valence-corrected chi connectivity index (χ0v) is 14.5. The summed E-state index contributed by atoms with van der Waals surface area (Å²) in [6.07, 6.45) is 1.30. The number of amides is 3. The zero-order chi connectivity index (χ0) is 17.5. The van der Waals surface area contributed by atoms with Crippen LogP contribution in [0.15, 0.2) is 24.3 Å². The molecule has 2 saturated heterocycles. The Kier molecular flexibility index (Phi) is 4.25. The van der Waals surface area contributed by atoms with Gasteiger partial charge in [-0.15, -0.1) is 0 Å². The molecule has 1 aromatic carbocycles. The van der Waals surface area contributed by atoms with Gasteiger partial charge in [-0.05, 0) is 44.4 Å². The van der Waals surface area contributed by atoms with E-state index in [2.05, 4.69) is 4.90 Å².